The highest BCUT2D eigenvalue weighted by Crippen LogP contribution is 2.25. The number of H-pyrrole nitrogens is 1. The molecular weight excluding hydrogens is 506 g/mol. The molecule has 0 bridgehead atoms. The lowest BCUT2D eigenvalue weighted by Gasteiger charge is -2.28. The summed E-state index contributed by atoms with van der Waals surface area (Å²) >= 11 is 6.22. The summed E-state index contributed by atoms with van der Waals surface area (Å²) in [4.78, 5) is 55.9. The van der Waals surface area contributed by atoms with Crippen molar-refractivity contribution in [2.45, 2.75) is 52.6 Å². The number of rotatable bonds is 11. The number of nitrogens with zero attached hydrogens (tertiary/aromatic N) is 2. The predicted molar refractivity (Wildman–Crippen MR) is 151 cm³/mol. The number of hydrogen-bond donors (Lipinski definition) is 3. The lowest BCUT2D eigenvalue weighted by Crippen LogP contribution is -2.44. The van der Waals surface area contributed by atoms with Crippen molar-refractivity contribution in [3.63, 3.8) is 0 Å². The molecule has 0 fully saturated rings. The number of benzene rings is 2. The number of nitrogens with two attached hydrogens (primary N) is 1. The second-order valence-corrected chi connectivity index (χ2v) is 9.92. The van der Waals surface area contributed by atoms with Crippen molar-refractivity contribution in [2.75, 3.05) is 17.2 Å². The van der Waals surface area contributed by atoms with E-state index in [0.717, 1.165) is 6.42 Å². The van der Waals surface area contributed by atoms with Gasteiger partial charge in [-0.25, -0.2) is 4.79 Å². The average molecular weight is 540 g/mol. The van der Waals surface area contributed by atoms with E-state index in [1.807, 2.05) is 51.1 Å². The Hall–Kier alpha value is -3.85. The highest BCUT2D eigenvalue weighted by atomic mass is 35.5. The molecule has 4 N–H and O–H groups in total. The van der Waals surface area contributed by atoms with Gasteiger partial charge in [0, 0.05) is 13.1 Å². The van der Waals surface area contributed by atoms with Gasteiger partial charge in [-0.1, -0.05) is 81.3 Å². The highest BCUT2D eigenvalue weighted by molar-refractivity contribution is 6.33. The number of nitrogens with one attached hydrogen (secondary N) is 2. The fourth-order valence-corrected chi connectivity index (χ4v) is 4.38. The van der Waals surface area contributed by atoms with Gasteiger partial charge in [0.05, 0.1) is 23.0 Å². The molecule has 1 aromatic heterocycles. The van der Waals surface area contributed by atoms with Crippen LogP contribution in [0.1, 0.15) is 62.0 Å². The van der Waals surface area contributed by atoms with Gasteiger partial charge in [0.1, 0.15) is 5.82 Å². The van der Waals surface area contributed by atoms with Gasteiger partial charge in [-0.2, -0.15) is 0 Å². The summed E-state index contributed by atoms with van der Waals surface area (Å²) < 4.78 is 1.29. The van der Waals surface area contributed by atoms with Crippen LogP contribution in [0.5, 0.6) is 0 Å². The fraction of sp³-hybridized carbons (Fsp3) is 0.357. The molecule has 2 amide bonds. The zero-order chi connectivity index (χ0) is 27.8. The molecule has 0 spiro atoms. The summed E-state index contributed by atoms with van der Waals surface area (Å²) in [6.45, 7) is 6.30. The third kappa shape index (κ3) is 6.92. The molecule has 9 nitrogen and oxygen atoms in total. The number of hydrogen-bond acceptors (Lipinski definition) is 5. The summed E-state index contributed by atoms with van der Waals surface area (Å²) in [7, 11) is 0. The third-order valence-electron chi connectivity index (χ3n) is 6.07. The molecule has 1 atom stereocenters. The number of halogens is 1. The van der Waals surface area contributed by atoms with E-state index in [1.54, 1.807) is 24.3 Å². The standard InChI is InChI=1S/C28H34ClN5O4/c1-4-5-15-33-25(30)24(27(37)32-28(33)38)34(17-18(2)3)23(35)16-22(19-11-7-6-8-12-19)31-26(36)20-13-9-10-14-21(20)29/h6-14,18,22H,4-5,15-17,30H2,1-3H3,(H,31,36)(H,32,37,38)/t22-/m0/s1. The van der Waals surface area contributed by atoms with Crippen LogP contribution in [0.3, 0.4) is 0 Å². The van der Waals surface area contributed by atoms with Gasteiger partial charge in [0.25, 0.3) is 11.5 Å². The second-order valence-electron chi connectivity index (χ2n) is 9.52. The Kier molecular flexibility index (Phi) is 9.90. The maximum Gasteiger partial charge on any atom is 0.330 e. The molecule has 0 saturated carbocycles. The van der Waals surface area contributed by atoms with Crippen LogP contribution in [0.4, 0.5) is 11.5 Å². The molecule has 1 heterocycles. The molecule has 0 unspecified atom stereocenters. The van der Waals surface area contributed by atoms with E-state index in [2.05, 4.69) is 10.3 Å². The molecular formula is C28H34ClN5O4. The Bertz CT molecular complexity index is 1380. The van der Waals surface area contributed by atoms with Crippen molar-refractivity contribution in [3.8, 4) is 0 Å². The maximum atomic E-state index is 13.8. The quantitative estimate of drug-likeness (QED) is 0.337. The average Bonchev–Trinajstić information content (AvgIpc) is 2.88. The van der Waals surface area contributed by atoms with Crippen molar-refractivity contribution >= 4 is 34.9 Å². The topological polar surface area (TPSA) is 130 Å². The minimum atomic E-state index is -0.731. The third-order valence-corrected chi connectivity index (χ3v) is 6.40. The van der Waals surface area contributed by atoms with Crippen LogP contribution in [0.15, 0.2) is 64.2 Å². The molecule has 202 valence electrons. The zero-order valence-electron chi connectivity index (χ0n) is 21.9. The summed E-state index contributed by atoms with van der Waals surface area (Å²) in [5.41, 5.74) is 5.90. The van der Waals surface area contributed by atoms with Crippen LogP contribution in [0, 0.1) is 5.92 Å². The number of carbonyl (C=O) groups excluding carboxylic acids is 2. The Morgan fingerprint density at radius 2 is 1.74 bits per heavy atom. The molecule has 10 heteroatoms. The first kappa shape index (κ1) is 28.7. The van der Waals surface area contributed by atoms with Gasteiger partial charge < -0.3 is 16.0 Å². The Labute approximate surface area is 226 Å². The summed E-state index contributed by atoms with van der Waals surface area (Å²) in [6.07, 6.45) is 1.34. The van der Waals surface area contributed by atoms with Gasteiger partial charge in [-0.3, -0.25) is 23.9 Å². The minimum absolute atomic E-state index is 0.0124. The largest absolute Gasteiger partial charge is 0.383 e. The Balaban J connectivity index is 2.01. The Morgan fingerprint density at radius 3 is 2.37 bits per heavy atom. The number of anilines is 2. The van der Waals surface area contributed by atoms with Crippen molar-refractivity contribution in [1.82, 2.24) is 14.9 Å². The SMILES string of the molecule is CCCCn1c(N)c(N(CC(C)C)C(=O)C[C@H](NC(=O)c2ccccc2Cl)c2ccccc2)c(=O)[nH]c1=O. The van der Waals surface area contributed by atoms with Crippen LogP contribution in [0.2, 0.25) is 5.02 Å². The van der Waals surface area contributed by atoms with E-state index in [0.29, 0.717) is 23.6 Å². The monoisotopic (exact) mass is 539 g/mol. The van der Waals surface area contributed by atoms with Crippen LogP contribution in [0.25, 0.3) is 0 Å². The van der Waals surface area contributed by atoms with Crippen LogP contribution in [-0.2, 0) is 11.3 Å². The molecule has 0 saturated heterocycles. The summed E-state index contributed by atoms with van der Waals surface area (Å²) in [6, 6.07) is 15.0. The first-order chi connectivity index (χ1) is 18.1. The first-order valence-electron chi connectivity index (χ1n) is 12.7. The van der Waals surface area contributed by atoms with E-state index in [-0.39, 0.29) is 36.0 Å². The molecule has 3 rings (SSSR count). The number of aromatic amines is 1. The first-order valence-corrected chi connectivity index (χ1v) is 13.0. The lowest BCUT2D eigenvalue weighted by molar-refractivity contribution is -0.119. The van der Waals surface area contributed by atoms with Gasteiger partial charge >= 0.3 is 5.69 Å². The van der Waals surface area contributed by atoms with Gasteiger partial charge in [0.2, 0.25) is 5.91 Å². The van der Waals surface area contributed by atoms with Crippen molar-refractivity contribution < 1.29 is 9.59 Å². The lowest BCUT2D eigenvalue weighted by atomic mass is 10.0. The van der Waals surface area contributed by atoms with Crippen molar-refractivity contribution in [2.24, 2.45) is 5.92 Å². The molecule has 2 aromatic carbocycles. The number of carbonyl (C=O) groups is 2. The molecule has 0 aliphatic rings. The normalized spacial score (nSPS) is 11.8. The predicted octanol–water partition coefficient (Wildman–Crippen LogP) is 4.12. The zero-order valence-corrected chi connectivity index (χ0v) is 22.6. The van der Waals surface area contributed by atoms with Gasteiger partial charge in [0.15, 0.2) is 5.69 Å². The van der Waals surface area contributed by atoms with Crippen LogP contribution < -0.4 is 27.2 Å². The summed E-state index contributed by atoms with van der Waals surface area (Å²) in [5.74, 6) is -0.928. The molecule has 0 aliphatic heterocycles. The van der Waals surface area contributed by atoms with E-state index in [1.165, 1.54) is 9.47 Å². The van der Waals surface area contributed by atoms with Crippen LogP contribution >= 0.6 is 11.6 Å². The highest BCUT2D eigenvalue weighted by Gasteiger charge is 2.28. The maximum absolute atomic E-state index is 13.8. The number of nitrogen functional groups attached to an aromatic ring is 1. The molecule has 3 aromatic rings. The van der Waals surface area contributed by atoms with E-state index in [4.69, 9.17) is 17.3 Å². The second kappa shape index (κ2) is 13.1. The molecule has 0 radical (unpaired) electrons. The van der Waals surface area contributed by atoms with Crippen LogP contribution in [-0.4, -0.2) is 27.9 Å². The minimum Gasteiger partial charge on any atom is -0.383 e. The summed E-state index contributed by atoms with van der Waals surface area (Å²) in [5, 5.41) is 3.21. The Morgan fingerprint density at radius 1 is 1.08 bits per heavy atom. The van der Waals surface area contributed by atoms with Gasteiger partial charge in [-0.15, -0.1) is 0 Å². The molecule has 0 aliphatic carbocycles. The fourth-order valence-electron chi connectivity index (χ4n) is 4.16. The van der Waals surface area contributed by atoms with E-state index in [9.17, 15) is 19.2 Å². The van der Waals surface area contributed by atoms with Gasteiger partial charge in [-0.05, 0) is 30.0 Å². The van der Waals surface area contributed by atoms with E-state index >= 15 is 0 Å². The number of amides is 2. The van der Waals surface area contributed by atoms with E-state index < -0.39 is 29.1 Å². The number of aromatic nitrogens is 2. The smallest absolute Gasteiger partial charge is 0.330 e. The molecule has 38 heavy (non-hydrogen) atoms. The number of unbranched alkanes of at least 4 members (excludes halogenated alkanes) is 1. The van der Waals surface area contributed by atoms with Crippen molar-refractivity contribution in [3.05, 3.63) is 91.6 Å². The van der Waals surface area contributed by atoms with Crippen molar-refractivity contribution in [1.29, 1.82) is 0 Å².